The van der Waals surface area contributed by atoms with Crippen molar-refractivity contribution in [1.82, 2.24) is 0 Å². The second-order valence-corrected chi connectivity index (χ2v) is 6.20. The number of anilines is 2. The highest BCUT2D eigenvalue weighted by Crippen LogP contribution is 2.33. The van der Waals surface area contributed by atoms with Gasteiger partial charge in [-0.15, -0.1) is 0 Å². The van der Waals surface area contributed by atoms with Crippen LogP contribution in [0.5, 0.6) is 0 Å². The lowest BCUT2D eigenvalue weighted by Gasteiger charge is -2.11. The van der Waals surface area contributed by atoms with Crippen LogP contribution < -0.4 is 10.9 Å². The minimum Gasteiger partial charge on any atom is -0.418 e. The molecule has 3 rings (SSSR count). The Hall–Kier alpha value is -2.42. The van der Waals surface area contributed by atoms with Crippen molar-refractivity contribution in [2.24, 2.45) is 0 Å². The van der Waals surface area contributed by atoms with Crippen molar-refractivity contribution in [2.75, 3.05) is 5.32 Å². The van der Waals surface area contributed by atoms with E-state index in [2.05, 4.69) is 27.9 Å². The van der Waals surface area contributed by atoms with Gasteiger partial charge in [0.1, 0.15) is 11.3 Å². The van der Waals surface area contributed by atoms with Gasteiger partial charge in [0.15, 0.2) is 0 Å². The molecule has 23 heavy (non-hydrogen) atoms. The van der Waals surface area contributed by atoms with Gasteiger partial charge in [-0.2, -0.15) is 0 Å². The van der Waals surface area contributed by atoms with E-state index in [9.17, 15) is 14.9 Å². The Bertz CT molecular complexity index is 981. The summed E-state index contributed by atoms with van der Waals surface area (Å²) >= 11 is 2.19. The van der Waals surface area contributed by atoms with Crippen LogP contribution in [-0.4, -0.2) is 4.92 Å². The van der Waals surface area contributed by atoms with E-state index in [1.165, 1.54) is 0 Å². The van der Waals surface area contributed by atoms with Gasteiger partial charge in [0.25, 0.3) is 0 Å². The fourth-order valence-corrected chi connectivity index (χ4v) is 2.98. The quantitative estimate of drug-likeness (QED) is 0.294. The number of nitro groups is 1. The Balaban J connectivity index is 2.28. The Labute approximate surface area is 144 Å². The largest absolute Gasteiger partial charge is 0.418 e. The van der Waals surface area contributed by atoms with E-state index in [0.29, 0.717) is 16.7 Å². The lowest BCUT2D eigenvalue weighted by molar-refractivity contribution is -0.386. The Morgan fingerprint density at radius 1 is 1.22 bits per heavy atom. The van der Waals surface area contributed by atoms with Crippen molar-refractivity contribution in [3.63, 3.8) is 0 Å². The van der Waals surface area contributed by atoms with Gasteiger partial charge in [-0.1, -0.05) is 12.1 Å². The molecule has 0 saturated heterocycles. The molecule has 1 heterocycles. The van der Waals surface area contributed by atoms with Gasteiger partial charge >= 0.3 is 11.3 Å². The number of nitrogens with one attached hydrogen (secondary N) is 1. The number of benzene rings is 2. The Morgan fingerprint density at radius 3 is 2.65 bits per heavy atom. The van der Waals surface area contributed by atoms with Crippen LogP contribution in [-0.2, 0) is 0 Å². The molecule has 0 atom stereocenters. The van der Waals surface area contributed by atoms with E-state index in [4.69, 9.17) is 4.42 Å². The number of hydrogen-bond acceptors (Lipinski definition) is 5. The van der Waals surface area contributed by atoms with Crippen LogP contribution in [0, 0.1) is 20.6 Å². The average Bonchev–Trinajstić information content (AvgIpc) is 2.49. The monoisotopic (exact) mass is 422 g/mol. The van der Waals surface area contributed by atoms with Gasteiger partial charge in [-0.25, -0.2) is 4.79 Å². The van der Waals surface area contributed by atoms with Crippen molar-refractivity contribution >= 4 is 50.6 Å². The second-order valence-electron chi connectivity index (χ2n) is 4.95. The molecule has 7 heteroatoms. The smallest absolute Gasteiger partial charge is 0.417 e. The van der Waals surface area contributed by atoms with Crippen molar-refractivity contribution in [3.8, 4) is 0 Å². The molecule has 0 bridgehead atoms. The van der Waals surface area contributed by atoms with Crippen LogP contribution in [0.2, 0.25) is 0 Å². The maximum Gasteiger partial charge on any atom is 0.417 e. The number of aryl methyl sites for hydroxylation is 1. The van der Waals surface area contributed by atoms with Crippen molar-refractivity contribution in [3.05, 3.63) is 72.1 Å². The van der Waals surface area contributed by atoms with Gasteiger partial charge in [0.05, 0.1) is 4.92 Å². The first kappa shape index (κ1) is 15.5. The third kappa shape index (κ3) is 2.91. The maximum absolute atomic E-state index is 12.0. The molecule has 0 aliphatic heterocycles. The summed E-state index contributed by atoms with van der Waals surface area (Å²) in [5, 5.41) is 14.8. The standard InChI is InChI=1S/C16H11IN2O4/c1-9-8-10(17)6-7-12(9)18-14-11-4-2-3-5-13(11)23-16(20)15(14)19(21)22/h2-8,18H,1H3. The van der Waals surface area contributed by atoms with E-state index in [0.717, 1.165) is 9.13 Å². The van der Waals surface area contributed by atoms with Crippen LogP contribution in [0.3, 0.4) is 0 Å². The molecule has 116 valence electrons. The summed E-state index contributed by atoms with van der Waals surface area (Å²) in [6.45, 7) is 1.89. The van der Waals surface area contributed by atoms with Gasteiger partial charge in [-0.05, 0) is 65.4 Å². The van der Waals surface area contributed by atoms with E-state index in [-0.39, 0.29) is 5.69 Å². The molecular formula is C16H11IN2O4. The third-order valence-corrected chi connectivity index (χ3v) is 4.09. The van der Waals surface area contributed by atoms with Crippen LogP contribution in [0.25, 0.3) is 11.0 Å². The zero-order valence-corrected chi connectivity index (χ0v) is 14.2. The Kier molecular flexibility index (Phi) is 4.03. The van der Waals surface area contributed by atoms with Crippen LogP contribution in [0.4, 0.5) is 17.1 Å². The number of rotatable bonds is 3. The number of nitrogens with zero attached hydrogens (tertiary/aromatic N) is 1. The van der Waals surface area contributed by atoms with Gasteiger partial charge in [0, 0.05) is 14.6 Å². The van der Waals surface area contributed by atoms with E-state index in [1.807, 2.05) is 25.1 Å². The summed E-state index contributed by atoms with van der Waals surface area (Å²) in [5.74, 6) is 0. The van der Waals surface area contributed by atoms with Gasteiger partial charge < -0.3 is 9.73 Å². The third-order valence-electron chi connectivity index (χ3n) is 3.42. The molecule has 3 aromatic rings. The molecule has 0 saturated carbocycles. The first-order valence-electron chi connectivity index (χ1n) is 6.71. The molecule has 0 unspecified atom stereocenters. The fourth-order valence-electron chi connectivity index (χ4n) is 2.33. The molecule has 0 amide bonds. The first-order valence-corrected chi connectivity index (χ1v) is 7.78. The summed E-state index contributed by atoms with van der Waals surface area (Å²) in [6, 6.07) is 12.4. The molecule has 0 radical (unpaired) electrons. The summed E-state index contributed by atoms with van der Waals surface area (Å²) in [7, 11) is 0. The molecule has 6 nitrogen and oxygen atoms in total. The normalized spacial score (nSPS) is 10.7. The highest BCUT2D eigenvalue weighted by Gasteiger charge is 2.25. The summed E-state index contributed by atoms with van der Waals surface area (Å²) in [5.41, 5.74) is 0.494. The summed E-state index contributed by atoms with van der Waals surface area (Å²) < 4.78 is 6.10. The highest BCUT2D eigenvalue weighted by atomic mass is 127. The van der Waals surface area contributed by atoms with Gasteiger partial charge in [0.2, 0.25) is 0 Å². The van der Waals surface area contributed by atoms with Gasteiger partial charge in [-0.3, -0.25) is 10.1 Å². The molecule has 2 aromatic carbocycles. The molecule has 1 N–H and O–H groups in total. The van der Waals surface area contributed by atoms with Crippen LogP contribution in [0.1, 0.15) is 5.56 Å². The zero-order chi connectivity index (χ0) is 16.6. The molecule has 0 aliphatic rings. The van der Waals surface area contributed by atoms with Crippen LogP contribution >= 0.6 is 22.6 Å². The minimum absolute atomic E-state index is 0.145. The lowest BCUT2D eigenvalue weighted by Crippen LogP contribution is -2.10. The molecule has 1 aromatic heterocycles. The minimum atomic E-state index is -0.973. The highest BCUT2D eigenvalue weighted by molar-refractivity contribution is 14.1. The Morgan fingerprint density at radius 2 is 1.96 bits per heavy atom. The fraction of sp³-hybridized carbons (Fsp3) is 0.0625. The molecule has 0 spiro atoms. The van der Waals surface area contributed by atoms with E-state index < -0.39 is 16.2 Å². The summed E-state index contributed by atoms with van der Waals surface area (Å²) in [6.07, 6.45) is 0. The molecule has 0 aliphatic carbocycles. The second kappa shape index (κ2) is 5.99. The van der Waals surface area contributed by atoms with Crippen molar-refractivity contribution in [2.45, 2.75) is 6.92 Å². The molecule has 0 fully saturated rings. The predicted octanol–water partition coefficient (Wildman–Crippen LogP) is 4.36. The number of para-hydroxylation sites is 1. The maximum atomic E-state index is 12.0. The zero-order valence-electron chi connectivity index (χ0n) is 12.0. The SMILES string of the molecule is Cc1cc(I)ccc1Nc1c([N+](=O)[O-])c(=O)oc2ccccc12. The van der Waals surface area contributed by atoms with E-state index in [1.54, 1.807) is 24.3 Å². The lowest BCUT2D eigenvalue weighted by atomic mass is 10.1. The summed E-state index contributed by atoms with van der Waals surface area (Å²) in [4.78, 5) is 22.6. The van der Waals surface area contributed by atoms with Crippen molar-refractivity contribution in [1.29, 1.82) is 0 Å². The topological polar surface area (TPSA) is 85.4 Å². The number of halogens is 1. The average molecular weight is 422 g/mol. The molecular weight excluding hydrogens is 411 g/mol. The number of fused-ring (bicyclic) bond motifs is 1. The van der Waals surface area contributed by atoms with Crippen molar-refractivity contribution < 1.29 is 9.34 Å². The first-order chi connectivity index (χ1) is 11.0. The number of hydrogen-bond donors (Lipinski definition) is 1. The van der Waals surface area contributed by atoms with E-state index >= 15 is 0 Å². The van der Waals surface area contributed by atoms with Crippen LogP contribution in [0.15, 0.2) is 51.7 Å². The predicted molar refractivity (Wildman–Crippen MR) is 96.3 cm³/mol.